The van der Waals surface area contributed by atoms with Crippen LogP contribution in [0.1, 0.15) is 28.4 Å². The maximum atomic E-state index is 15.0. The number of aromatic nitrogens is 1. The summed E-state index contributed by atoms with van der Waals surface area (Å²) in [5.41, 5.74) is 6.77. The van der Waals surface area contributed by atoms with Gasteiger partial charge in [-0.25, -0.2) is 8.78 Å². The van der Waals surface area contributed by atoms with Crippen LogP contribution in [0.3, 0.4) is 0 Å². The van der Waals surface area contributed by atoms with E-state index in [1.807, 2.05) is 35.8 Å². The molecule has 1 fully saturated rings. The number of benzene rings is 4. The Morgan fingerprint density at radius 3 is 1.93 bits per heavy atom. The summed E-state index contributed by atoms with van der Waals surface area (Å²) in [7, 11) is 0. The Balaban J connectivity index is 1.26. The van der Waals surface area contributed by atoms with Crippen molar-refractivity contribution in [1.82, 2.24) is 14.4 Å². The normalized spacial score (nSPS) is 14.6. The number of hydrogen-bond donors (Lipinski definition) is 0. The van der Waals surface area contributed by atoms with Crippen LogP contribution in [0.4, 0.5) is 8.78 Å². The van der Waals surface area contributed by atoms with Crippen molar-refractivity contribution in [1.29, 1.82) is 0 Å². The Morgan fingerprint density at radius 1 is 0.732 bits per heavy atom. The van der Waals surface area contributed by atoms with Crippen LogP contribution in [0.5, 0.6) is 0 Å². The molecule has 208 valence electrons. The molecule has 1 saturated heterocycles. The molecule has 0 atom stereocenters. The van der Waals surface area contributed by atoms with Crippen LogP contribution in [0, 0.1) is 18.6 Å². The van der Waals surface area contributed by atoms with Crippen LogP contribution < -0.4 is 0 Å². The molecule has 0 aliphatic carbocycles. The van der Waals surface area contributed by atoms with Gasteiger partial charge in [-0.3, -0.25) is 9.80 Å². The highest BCUT2D eigenvalue weighted by molar-refractivity contribution is 6.30. The maximum Gasteiger partial charge on any atom is 0.150 e. The summed E-state index contributed by atoms with van der Waals surface area (Å²) in [5.74, 6) is -1.18. The maximum absolute atomic E-state index is 15.0. The molecular weight excluding hydrogens is 536 g/mol. The number of piperazine rings is 1. The summed E-state index contributed by atoms with van der Waals surface area (Å²) < 4.78 is 30.7. The molecule has 1 aromatic heterocycles. The van der Waals surface area contributed by atoms with Crippen molar-refractivity contribution in [3.8, 4) is 16.9 Å². The topological polar surface area (TPSA) is 11.4 Å². The van der Waals surface area contributed by atoms with Gasteiger partial charge in [0.05, 0.1) is 17.4 Å². The van der Waals surface area contributed by atoms with E-state index in [4.69, 9.17) is 11.6 Å². The van der Waals surface area contributed by atoms with Crippen molar-refractivity contribution < 1.29 is 8.78 Å². The molecule has 41 heavy (non-hydrogen) atoms. The van der Waals surface area contributed by atoms with Crippen molar-refractivity contribution in [2.45, 2.75) is 19.5 Å². The second-order valence-corrected chi connectivity index (χ2v) is 11.1. The second kappa shape index (κ2) is 12.0. The first kappa shape index (κ1) is 27.4. The molecule has 0 spiro atoms. The number of hydrogen-bond acceptors (Lipinski definition) is 2. The minimum absolute atomic E-state index is 0.209. The van der Waals surface area contributed by atoms with Crippen LogP contribution in [-0.4, -0.2) is 40.5 Å². The van der Waals surface area contributed by atoms with Gasteiger partial charge in [0.15, 0.2) is 0 Å². The van der Waals surface area contributed by atoms with Gasteiger partial charge in [-0.05, 0) is 59.5 Å². The summed E-state index contributed by atoms with van der Waals surface area (Å²) in [5, 5.41) is 0.638. The van der Waals surface area contributed by atoms with Gasteiger partial charge < -0.3 is 4.57 Å². The van der Waals surface area contributed by atoms with E-state index in [0.29, 0.717) is 10.7 Å². The predicted molar refractivity (Wildman–Crippen MR) is 162 cm³/mol. The van der Waals surface area contributed by atoms with Gasteiger partial charge in [0.2, 0.25) is 0 Å². The van der Waals surface area contributed by atoms with Gasteiger partial charge in [-0.15, -0.1) is 0 Å². The molecule has 5 aromatic rings. The summed E-state index contributed by atoms with van der Waals surface area (Å²) >= 11 is 6.16. The first-order valence-corrected chi connectivity index (χ1v) is 14.3. The fourth-order valence-electron chi connectivity index (χ4n) is 5.93. The van der Waals surface area contributed by atoms with Crippen molar-refractivity contribution in [2.75, 3.05) is 26.2 Å². The molecule has 0 saturated carbocycles. The van der Waals surface area contributed by atoms with Gasteiger partial charge in [0.1, 0.15) is 11.6 Å². The molecular formula is C35H32ClF2N3. The van der Waals surface area contributed by atoms with Crippen LogP contribution in [0.25, 0.3) is 16.9 Å². The van der Waals surface area contributed by atoms with E-state index < -0.39 is 11.6 Å². The standard InChI is InChI=1S/C35H32ClF2N3/c1-25-29(22-34(26-12-14-30(36)15-13-26)41(25)33-17-16-31(37)23-32(33)38)24-39-18-20-40(21-19-39)35(27-8-4-2-5-9-27)28-10-6-3-7-11-28/h2-17,22-23,35H,18-21,24H2,1H3. The third-order valence-electron chi connectivity index (χ3n) is 8.04. The van der Waals surface area contributed by atoms with Crippen molar-refractivity contribution in [3.63, 3.8) is 0 Å². The van der Waals surface area contributed by atoms with Gasteiger partial charge >= 0.3 is 0 Å². The van der Waals surface area contributed by atoms with E-state index >= 15 is 4.39 Å². The van der Waals surface area contributed by atoms with Crippen LogP contribution in [0.15, 0.2) is 109 Å². The van der Waals surface area contributed by atoms with Gasteiger partial charge in [0.25, 0.3) is 0 Å². The number of rotatable bonds is 7. The first-order valence-electron chi connectivity index (χ1n) is 14.0. The zero-order valence-electron chi connectivity index (χ0n) is 23.0. The van der Waals surface area contributed by atoms with E-state index in [0.717, 1.165) is 61.3 Å². The van der Waals surface area contributed by atoms with E-state index in [9.17, 15) is 4.39 Å². The average molecular weight is 568 g/mol. The van der Waals surface area contributed by atoms with Gasteiger partial charge in [-0.1, -0.05) is 84.4 Å². The molecule has 0 unspecified atom stereocenters. The lowest BCUT2D eigenvalue weighted by Crippen LogP contribution is -2.47. The molecule has 6 rings (SSSR count). The Bertz CT molecular complexity index is 1570. The highest BCUT2D eigenvalue weighted by Gasteiger charge is 2.27. The molecule has 4 aromatic carbocycles. The summed E-state index contributed by atoms with van der Waals surface area (Å²) in [4.78, 5) is 5.02. The van der Waals surface area contributed by atoms with Crippen LogP contribution >= 0.6 is 11.6 Å². The molecule has 0 N–H and O–H groups in total. The van der Waals surface area contributed by atoms with E-state index in [2.05, 4.69) is 76.5 Å². The lowest BCUT2D eigenvalue weighted by atomic mass is 9.96. The van der Waals surface area contributed by atoms with E-state index in [1.165, 1.54) is 23.3 Å². The third-order valence-corrected chi connectivity index (χ3v) is 8.29. The Morgan fingerprint density at radius 2 is 1.34 bits per heavy atom. The lowest BCUT2D eigenvalue weighted by Gasteiger charge is -2.39. The third kappa shape index (κ3) is 5.84. The van der Waals surface area contributed by atoms with Gasteiger partial charge in [-0.2, -0.15) is 0 Å². The fourth-order valence-corrected chi connectivity index (χ4v) is 6.06. The SMILES string of the molecule is Cc1c(CN2CCN(C(c3ccccc3)c3ccccc3)CC2)cc(-c2ccc(Cl)cc2)n1-c1ccc(F)cc1F. The smallest absolute Gasteiger partial charge is 0.150 e. The average Bonchev–Trinajstić information content (AvgIpc) is 3.31. The van der Waals surface area contributed by atoms with Crippen LogP contribution in [-0.2, 0) is 6.54 Å². The molecule has 1 aliphatic rings. The monoisotopic (exact) mass is 567 g/mol. The summed E-state index contributed by atoms with van der Waals surface area (Å²) in [6.45, 7) is 6.46. The van der Waals surface area contributed by atoms with Crippen LogP contribution in [0.2, 0.25) is 5.02 Å². The van der Waals surface area contributed by atoms with Crippen molar-refractivity contribution in [2.24, 2.45) is 0 Å². The zero-order chi connectivity index (χ0) is 28.3. The summed E-state index contributed by atoms with van der Waals surface area (Å²) in [6.07, 6.45) is 0. The lowest BCUT2D eigenvalue weighted by molar-refractivity contribution is 0.105. The molecule has 0 radical (unpaired) electrons. The van der Waals surface area contributed by atoms with Crippen molar-refractivity contribution in [3.05, 3.63) is 148 Å². The quantitative estimate of drug-likeness (QED) is 0.196. The van der Waals surface area contributed by atoms with E-state index in [-0.39, 0.29) is 6.04 Å². The number of halogens is 3. The molecule has 3 nitrogen and oxygen atoms in total. The zero-order valence-corrected chi connectivity index (χ0v) is 23.7. The molecule has 0 amide bonds. The summed E-state index contributed by atoms with van der Waals surface area (Å²) in [6, 6.07) is 35.0. The van der Waals surface area contributed by atoms with Gasteiger partial charge in [0, 0.05) is 49.5 Å². The Kier molecular flexibility index (Phi) is 8.02. The molecule has 0 bridgehead atoms. The first-order chi connectivity index (χ1) is 20.0. The van der Waals surface area contributed by atoms with E-state index in [1.54, 1.807) is 0 Å². The Labute approximate surface area is 245 Å². The molecule has 2 heterocycles. The largest absolute Gasteiger partial charge is 0.311 e. The Hall–Kier alpha value is -3.77. The highest BCUT2D eigenvalue weighted by Crippen LogP contribution is 2.33. The molecule has 1 aliphatic heterocycles. The van der Waals surface area contributed by atoms with Crippen molar-refractivity contribution >= 4 is 11.6 Å². The second-order valence-electron chi connectivity index (χ2n) is 10.6. The highest BCUT2D eigenvalue weighted by atomic mass is 35.5. The minimum atomic E-state index is -0.591. The number of nitrogens with zero attached hydrogens (tertiary/aromatic N) is 3. The molecule has 6 heteroatoms. The predicted octanol–water partition coefficient (Wildman–Crippen LogP) is 8.29. The fraction of sp³-hybridized carbons (Fsp3) is 0.200. The minimum Gasteiger partial charge on any atom is -0.311 e.